The van der Waals surface area contributed by atoms with Gasteiger partial charge in [0, 0.05) is 24.1 Å². The summed E-state index contributed by atoms with van der Waals surface area (Å²) in [6.45, 7) is 2.33. The summed E-state index contributed by atoms with van der Waals surface area (Å²) >= 11 is 1.43. The summed E-state index contributed by atoms with van der Waals surface area (Å²) in [5, 5.41) is 4.34. The fraction of sp³-hybridized carbons (Fsp3) is 0.750. The van der Waals surface area contributed by atoms with E-state index in [0.717, 1.165) is 11.7 Å². The second-order valence-corrected chi connectivity index (χ2v) is 4.27. The van der Waals surface area contributed by atoms with Crippen LogP contribution in [0.3, 0.4) is 0 Å². The fourth-order valence-electron chi connectivity index (χ4n) is 1.70. The molecule has 1 aliphatic heterocycles. The third-order valence-corrected chi connectivity index (χ3v) is 2.91. The van der Waals surface area contributed by atoms with Crippen molar-refractivity contribution in [2.24, 2.45) is 0 Å². The molecule has 0 bridgehead atoms. The molecule has 2 rings (SSSR count). The number of rotatable bonds is 2. The topological polar surface area (TPSA) is 41.0 Å². The lowest BCUT2D eigenvalue weighted by molar-refractivity contribution is 0.261. The monoisotopic (exact) mass is 198 g/mol. The summed E-state index contributed by atoms with van der Waals surface area (Å²) in [7, 11) is 2.16. The highest BCUT2D eigenvalue weighted by Gasteiger charge is 2.17. The Morgan fingerprint density at radius 1 is 1.69 bits per heavy atom. The number of likely N-dealkylation sites (N-methyl/N-ethyl adjacent to an activating group) is 1. The van der Waals surface area contributed by atoms with Gasteiger partial charge >= 0.3 is 0 Å². The van der Waals surface area contributed by atoms with Gasteiger partial charge in [0.15, 0.2) is 0 Å². The molecular weight excluding hydrogens is 184 g/mol. The van der Waals surface area contributed by atoms with E-state index in [9.17, 15) is 0 Å². The molecule has 2 heterocycles. The number of hydrogen-bond acceptors (Lipinski definition) is 5. The van der Waals surface area contributed by atoms with Crippen LogP contribution < -0.4 is 5.32 Å². The van der Waals surface area contributed by atoms with E-state index in [-0.39, 0.29) is 0 Å². The van der Waals surface area contributed by atoms with Gasteiger partial charge in [-0.1, -0.05) is 0 Å². The Kier molecular flexibility index (Phi) is 2.75. The van der Waals surface area contributed by atoms with Crippen molar-refractivity contribution < 1.29 is 0 Å². The molecule has 0 saturated carbocycles. The minimum absolute atomic E-state index is 0.548. The quantitative estimate of drug-likeness (QED) is 0.771. The Labute approximate surface area is 82.1 Å². The zero-order valence-corrected chi connectivity index (χ0v) is 8.55. The molecule has 1 atom stereocenters. The molecule has 0 aliphatic carbocycles. The number of nitrogens with one attached hydrogen (secondary N) is 1. The van der Waals surface area contributed by atoms with Gasteiger partial charge in [-0.05, 0) is 26.4 Å². The van der Waals surface area contributed by atoms with Crippen molar-refractivity contribution in [1.29, 1.82) is 0 Å². The first kappa shape index (κ1) is 8.90. The Morgan fingerprint density at radius 2 is 2.62 bits per heavy atom. The number of piperidine rings is 1. The van der Waals surface area contributed by atoms with Crippen molar-refractivity contribution in [1.82, 2.24) is 14.3 Å². The van der Waals surface area contributed by atoms with E-state index in [1.165, 1.54) is 30.9 Å². The lowest BCUT2D eigenvalue weighted by Gasteiger charge is -2.29. The van der Waals surface area contributed by atoms with E-state index < -0.39 is 0 Å². The van der Waals surface area contributed by atoms with E-state index in [2.05, 4.69) is 26.6 Å². The molecule has 1 aromatic rings. The van der Waals surface area contributed by atoms with Crippen LogP contribution in [0.4, 0.5) is 5.13 Å². The second-order valence-electron chi connectivity index (χ2n) is 3.49. The number of anilines is 1. The first-order valence-corrected chi connectivity index (χ1v) is 5.33. The molecule has 1 fully saturated rings. The molecule has 72 valence electrons. The van der Waals surface area contributed by atoms with Gasteiger partial charge in [-0.3, -0.25) is 0 Å². The van der Waals surface area contributed by atoms with Crippen molar-refractivity contribution in [3.8, 4) is 0 Å². The molecule has 1 aliphatic rings. The van der Waals surface area contributed by atoms with Gasteiger partial charge in [-0.15, -0.1) is 0 Å². The maximum absolute atomic E-state index is 4.11. The molecule has 1 aromatic heterocycles. The maximum atomic E-state index is 4.11. The molecule has 0 radical (unpaired) electrons. The van der Waals surface area contributed by atoms with Crippen LogP contribution in [-0.4, -0.2) is 40.4 Å². The van der Waals surface area contributed by atoms with Crippen LogP contribution in [0.2, 0.25) is 0 Å². The Morgan fingerprint density at radius 3 is 3.31 bits per heavy atom. The van der Waals surface area contributed by atoms with Crippen molar-refractivity contribution >= 4 is 16.7 Å². The van der Waals surface area contributed by atoms with Gasteiger partial charge in [-0.2, -0.15) is 4.37 Å². The Balaban J connectivity index is 1.87. The highest BCUT2D eigenvalue weighted by atomic mass is 32.1. The molecule has 1 N–H and O–H groups in total. The van der Waals surface area contributed by atoms with Crippen LogP contribution in [-0.2, 0) is 0 Å². The minimum Gasteiger partial charge on any atom is -0.356 e. The third kappa shape index (κ3) is 2.38. The zero-order chi connectivity index (χ0) is 9.10. The summed E-state index contributed by atoms with van der Waals surface area (Å²) in [5.74, 6) is 0. The van der Waals surface area contributed by atoms with Crippen LogP contribution in [0, 0.1) is 0 Å². The normalized spacial score (nSPS) is 24.5. The van der Waals surface area contributed by atoms with Crippen LogP contribution in [0.25, 0.3) is 0 Å². The van der Waals surface area contributed by atoms with Crippen LogP contribution in [0.1, 0.15) is 12.8 Å². The van der Waals surface area contributed by atoms with Crippen molar-refractivity contribution in [2.75, 3.05) is 25.5 Å². The van der Waals surface area contributed by atoms with Gasteiger partial charge in [-0.25, -0.2) is 4.98 Å². The number of hydrogen-bond donors (Lipinski definition) is 1. The van der Waals surface area contributed by atoms with Crippen molar-refractivity contribution in [3.05, 3.63) is 6.33 Å². The van der Waals surface area contributed by atoms with Gasteiger partial charge < -0.3 is 10.2 Å². The Bertz CT molecular complexity index is 249. The highest BCUT2D eigenvalue weighted by Crippen LogP contribution is 2.15. The summed E-state index contributed by atoms with van der Waals surface area (Å²) in [6.07, 6.45) is 4.11. The first-order valence-electron chi connectivity index (χ1n) is 4.56. The molecule has 1 saturated heterocycles. The summed E-state index contributed by atoms with van der Waals surface area (Å²) in [5.41, 5.74) is 0. The third-order valence-electron chi connectivity index (χ3n) is 2.31. The predicted molar refractivity (Wildman–Crippen MR) is 54.1 cm³/mol. The molecule has 0 amide bonds. The summed E-state index contributed by atoms with van der Waals surface area (Å²) in [6, 6.07) is 0.548. The van der Waals surface area contributed by atoms with Gasteiger partial charge in [0.05, 0.1) is 0 Å². The average molecular weight is 198 g/mol. The van der Waals surface area contributed by atoms with Crippen molar-refractivity contribution in [2.45, 2.75) is 18.9 Å². The lowest BCUT2D eigenvalue weighted by Crippen LogP contribution is -2.39. The Hall–Kier alpha value is -0.680. The van der Waals surface area contributed by atoms with E-state index in [1.54, 1.807) is 6.33 Å². The largest absolute Gasteiger partial charge is 0.356 e. The fourth-order valence-corrected chi connectivity index (χ4v) is 2.20. The molecule has 0 aromatic carbocycles. The van der Waals surface area contributed by atoms with Crippen LogP contribution in [0.15, 0.2) is 6.33 Å². The summed E-state index contributed by atoms with van der Waals surface area (Å²) in [4.78, 5) is 6.46. The lowest BCUT2D eigenvalue weighted by atomic mass is 10.1. The summed E-state index contributed by atoms with van der Waals surface area (Å²) < 4.78 is 3.96. The molecule has 13 heavy (non-hydrogen) atoms. The molecular formula is C8H14N4S. The van der Waals surface area contributed by atoms with Gasteiger partial charge in [0.2, 0.25) is 5.13 Å². The molecule has 5 heteroatoms. The second kappa shape index (κ2) is 4.02. The number of aromatic nitrogens is 2. The molecule has 0 spiro atoms. The zero-order valence-electron chi connectivity index (χ0n) is 7.73. The standard InChI is InChI=1S/C8H14N4S/c1-12-4-2-3-7(5-12)11-8-9-6-10-13-8/h6-7H,2-5H2,1H3,(H,9,10,11). The number of likely N-dealkylation sites (tertiary alicyclic amines) is 1. The van der Waals surface area contributed by atoms with Crippen LogP contribution >= 0.6 is 11.5 Å². The highest BCUT2D eigenvalue weighted by molar-refractivity contribution is 7.09. The first-order chi connectivity index (χ1) is 6.34. The van der Waals surface area contributed by atoms with Crippen molar-refractivity contribution in [3.63, 3.8) is 0 Å². The van der Waals surface area contributed by atoms with Gasteiger partial charge in [0.25, 0.3) is 0 Å². The maximum Gasteiger partial charge on any atom is 0.202 e. The number of nitrogens with zero attached hydrogens (tertiary/aromatic N) is 3. The van der Waals surface area contributed by atoms with Gasteiger partial charge in [0.1, 0.15) is 6.33 Å². The minimum atomic E-state index is 0.548. The van der Waals surface area contributed by atoms with Crippen LogP contribution in [0.5, 0.6) is 0 Å². The molecule has 1 unspecified atom stereocenters. The van der Waals surface area contributed by atoms with E-state index in [1.807, 2.05) is 0 Å². The predicted octanol–water partition coefficient (Wildman–Crippen LogP) is 1.04. The average Bonchev–Trinajstić information content (AvgIpc) is 2.57. The van der Waals surface area contributed by atoms with E-state index >= 15 is 0 Å². The smallest absolute Gasteiger partial charge is 0.202 e. The van der Waals surface area contributed by atoms with E-state index in [4.69, 9.17) is 0 Å². The van der Waals surface area contributed by atoms with E-state index in [0.29, 0.717) is 6.04 Å². The SMILES string of the molecule is CN1CCCC(Nc2ncns2)C1. The molecule has 4 nitrogen and oxygen atoms in total.